The average Bonchev–Trinajstić information content (AvgIpc) is 3.80. The Bertz CT molecular complexity index is 2480. The van der Waals surface area contributed by atoms with Crippen molar-refractivity contribution < 1.29 is 52.6 Å². The molecule has 7 atom stereocenters. The molecule has 0 unspecified atom stereocenters. The zero-order chi connectivity index (χ0) is 58.2. The number of nitrogens with zero attached hydrogens (tertiary/aromatic N) is 3. The highest BCUT2D eigenvalue weighted by molar-refractivity contribution is 6.00. The van der Waals surface area contributed by atoms with Crippen LogP contribution in [0, 0.1) is 5.92 Å². The number of rotatable bonds is 9. The van der Waals surface area contributed by atoms with Gasteiger partial charge in [0.05, 0.1) is 30.2 Å². The van der Waals surface area contributed by atoms with Gasteiger partial charge in [-0.15, -0.1) is 0 Å². The summed E-state index contributed by atoms with van der Waals surface area (Å²) < 4.78 is 17.4. The van der Waals surface area contributed by atoms with Crippen molar-refractivity contribution >= 4 is 53.2 Å². The van der Waals surface area contributed by atoms with Crippen LogP contribution in [0.3, 0.4) is 0 Å². The van der Waals surface area contributed by atoms with Gasteiger partial charge in [-0.2, -0.15) is 0 Å². The van der Waals surface area contributed by atoms with E-state index in [-0.39, 0.29) is 36.4 Å². The van der Waals surface area contributed by atoms with Crippen LogP contribution < -0.4 is 36.8 Å². The predicted octanol–water partition coefficient (Wildman–Crippen LogP) is 5.34. The molecule has 0 aromatic heterocycles. The fraction of sp³-hybridized carbons (Fsp3) is 0.655. The molecule has 20 heteroatoms. The first-order chi connectivity index (χ1) is 36.1. The third kappa shape index (κ3) is 18.4. The second-order valence-electron chi connectivity index (χ2n) is 25.4. The molecular weight excluding hydrogens is 999 g/mol. The maximum absolute atomic E-state index is 14.7. The van der Waals surface area contributed by atoms with Gasteiger partial charge in [-0.3, -0.25) is 38.5 Å². The summed E-state index contributed by atoms with van der Waals surface area (Å²) in [5.74, 6) is -4.73. The summed E-state index contributed by atoms with van der Waals surface area (Å²) in [6.07, 6.45) is -0.851. The molecule has 2 aromatic rings. The highest BCUT2D eigenvalue weighted by Gasteiger charge is 2.44. The second kappa shape index (κ2) is 25.7. The molecule has 0 aliphatic carbocycles. The number of nitrogens with one attached hydrogen (secondary N) is 6. The van der Waals surface area contributed by atoms with Crippen molar-refractivity contribution in [2.75, 3.05) is 37.6 Å². The largest absolute Gasteiger partial charge is 0.460 e. The van der Waals surface area contributed by atoms with E-state index in [9.17, 15) is 38.4 Å². The summed E-state index contributed by atoms with van der Waals surface area (Å²) in [5.41, 5.74) is 0.193. The van der Waals surface area contributed by atoms with E-state index in [1.807, 2.05) is 79.7 Å². The van der Waals surface area contributed by atoms with Gasteiger partial charge in [0.2, 0.25) is 29.5 Å². The van der Waals surface area contributed by atoms with Gasteiger partial charge in [0.15, 0.2) is 0 Å². The van der Waals surface area contributed by atoms with Crippen LogP contribution in [0.1, 0.15) is 152 Å². The van der Waals surface area contributed by atoms with Crippen molar-refractivity contribution in [3.05, 3.63) is 53.6 Å². The molecule has 0 spiro atoms. The van der Waals surface area contributed by atoms with Crippen molar-refractivity contribution in [2.45, 2.75) is 208 Å². The molecule has 5 rings (SSSR count). The van der Waals surface area contributed by atoms with E-state index >= 15 is 0 Å². The van der Waals surface area contributed by atoms with Crippen LogP contribution in [0.25, 0.3) is 11.1 Å². The van der Waals surface area contributed by atoms with Crippen LogP contribution in [0.2, 0.25) is 0 Å². The van der Waals surface area contributed by atoms with Crippen LogP contribution in [-0.2, 0) is 49.5 Å². The number of ether oxygens (including phenoxy) is 3. The zero-order valence-corrected chi connectivity index (χ0v) is 49.1. The molecule has 2 bridgehead atoms. The lowest BCUT2D eigenvalue weighted by Gasteiger charge is -2.38. The van der Waals surface area contributed by atoms with Crippen molar-refractivity contribution in [1.29, 1.82) is 0 Å². The Morgan fingerprint density at radius 2 is 1.28 bits per heavy atom. The van der Waals surface area contributed by atoms with E-state index in [0.717, 1.165) is 16.8 Å². The van der Waals surface area contributed by atoms with Crippen molar-refractivity contribution in [3.8, 4) is 11.1 Å². The Morgan fingerprint density at radius 1 is 0.679 bits per heavy atom. The Morgan fingerprint density at radius 3 is 1.86 bits per heavy atom. The Hall–Kier alpha value is -6.28. The quantitative estimate of drug-likeness (QED) is 0.174. The first-order valence-electron chi connectivity index (χ1n) is 27.5. The lowest BCUT2D eigenvalue weighted by atomic mass is 9.96. The second-order valence-corrected chi connectivity index (χ2v) is 25.4. The summed E-state index contributed by atoms with van der Waals surface area (Å²) >= 11 is 0. The van der Waals surface area contributed by atoms with Crippen LogP contribution in [0.4, 0.5) is 10.5 Å². The van der Waals surface area contributed by atoms with Gasteiger partial charge in [-0.05, 0) is 170 Å². The van der Waals surface area contributed by atoms with E-state index < -0.39 is 107 Å². The van der Waals surface area contributed by atoms with Crippen molar-refractivity contribution in [1.82, 2.24) is 41.7 Å². The summed E-state index contributed by atoms with van der Waals surface area (Å²) in [4.78, 5) is 119. The van der Waals surface area contributed by atoms with Gasteiger partial charge in [-0.1, -0.05) is 32.0 Å². The monoisotopic (exact) mass is 1090 g/mol. The maximum Gasteiger partial charge on any atom is 0.410 e. The van der Waals surface area contributed by atoms with E-state index in [0.29, 0.717) is 51.1 Å². The minimum Gasteiger partial charge on any atom is -0.460 e. The number of carbonyl (C=O) groups excluding carboxylic acids is 8. The van der Waals surface area contributed by atoms with Gasteiger partial charge < -0.3 is 55.9 Å². The number of carbonyl (C=O) groups is 8. The molecule has 20 nitrogen and oxygen atoms in total. The smallest absolute Gasteiger partial charge is 0.410 e. The van der Waals surface area contributed by atoms with E-state index in [1.165, 1.54) is 0 Å². The van der Waals surface area contributed by atoms with Crippen molar-refractivity contribution in [2.24, 2.45) is 5.92 Å². The SMILES string of the molecule is CC(C)C[C@@H]1NC(=O)c2ccc(-c3ccc(N4CCN(C(=O)OC(C)(C)C)CC4)cc3)c(c2)CNC(=O)[C@@H]2CCCN2[C@H](C(=O)NC(C)(C)C)[C@H](C)NC(=O)[C@H]([C@@H](C)OC(C)(C)C)NC(=O)[C@H](CC(=O)OC(C)(C)C)NC1=O. The fourth-order valence-corrected chi connectivity index (χ4v) is 9.95. The summed E-state index contributed by atoms with van der Waals surface area (Å²) in [7, 11) is 0. The Balaban J connectivity index is 1.59. The zero-order valence-electron chi connectivity index (χ0n) is 49.1. The van der Waals surface area contributed by atoms with E-state index in [1.54, 1.807) is 83.4 Å². The average molecular weight is 1090 g/mol. The standard InChI is InChI=1S/C58H89N9O11/c1-34(2)30-42-49(70)62-43(32-45(68)77-57(11,12)13)50(71)63-46(36(4)76-56(8,9)10)52(73)60-35(3)47(53(74)64-55(5,6)7)67-25-17-18-44(67)51(72)59-33-39-31-38(48(69)61-42)21-24-41(39)37-19-22-40(23-20-37)65-26-28-66(29-27-65)54(75)78-58(14,15)16/h19-24,31,34-36,42-44,46-47H,17-18,25-30,32-33H2,1-16H3,(H,59,72)(H,60,73)(H,61,69)(H,62,70)(H,63,71)(H,64,74)/t35-,36+,42-,43-,44-,46-,47-/m0/s1. The van der Waals surface area contributed by atoms with Crippen LogP contribution in [0.5, 0.6) is 0 Å². The molecule has 78 heavy (non-hydrogen) atoms. The minimum absolute atomic E-state index is 0.0253. The summed E-state index contributed by atoms with van der Waals surface area (Å²) in [5, 5.41) is 17.5. The molecule has 2 saturated heterocycles. The number of fused-ring (bicyclic) bond motifs is 3. The first-order valence-corrected chi connectivity index (χ1v) is 27.5. The number of hydrogen-bond donors (Lipinski definition) is 6. The van der Waals surface area contributed by atoms with Crippen LogP contribution >= 0.6 is 0 Å². The van der Waals surface area contributed by atoms with Crippen LogP contribution in [-0.4, -0.2) is 155 Å². The van der Waals surface area contributed by atoms with E-state index in [4.69, 9.17) is 14.2 Å². The van der Waals surface area contributed by atoms with Crippen LogP contribution in [0.15, 0.2) is 42.5 Å². The molecule has 0 radical (unpaired) electrons. The molecule has 6 N–H and O–H groups in total. The van der Waals surface area contributed by atoms with Gasteiger partial charge in [0.1, 0.15) is 35.4 Å². The minimum atomic E-state index is -1.59. The highest BCUT2D eigenvalue weighted by atomic mass is 16.6. The number of amides is 7. The molecule has 2 fully saturated rings. The normalized spacial score (nSPS) is 23.4. The molecule has 432 valence electrons. The number of hydrogen-bond acceptors (Lipinski definition) is 13. The van der Waals surface area contributed by atoms with Gasteiger partial charge in [-0.25, -0.2) is 4.79 Å². The number of anilines is 1. The third-order valence-electron chi connectivity index (χ3n) is 13.2. The van der Waals surface area contributed by atoms with E-state index in [2.05, 4.69) is 36.8 Å². The molecule has 0 saturated carbocycles. The number of benzene rings is 2. The third-order valence-corrected chi connectivity index (χ3v) is 13.2. The van der Waals surface area contributed by atoms with Gasteiger partial charge in [0.25, 0.3) is 5.91 Å². The van der Waals surface area contributed by atoms with Crippen molar-refractivity contribution in [3.63, 3.8) is 0 Å². The van der Waals surface area contributed by atoms with Gasteiger partial charge in [0, 0.05) is 49.5 Å². The molecular formula is C58H89N9O11. The number of esters is 1. The lowest BCUT2D eigenvalue weighted by Crippen LogP contribution is -2.65. The Labute approximate surface area is 461 Å². The predicted molar refractivity (Wildman–Crippen MR) is 298 cm³/mol. The maximum atomic E-state index is 14.7. The number of piperazine rings is 1. The first kappa shape index (κ1) is 62.6. The highest BCUT2D eigenvalue weighted by Crippen LogP contribution is 2.30. The Kier molecular flexibility index (Phi) is 20.6. The fourth-order valence-electron chi connectivity index (χ4n) is 9.95. The van der Waals surface area contributed by atoms with Gasteiger partial charge >= 0.3 is 12.1 Å². The molecule has 3 aliphatic heterocycles. The lowest BCUT2D eigenvalue weighted by molar-refractivity contribution is -0.156. The topological polar surface area (TPSA) is 246 Å². The molecule has 7 amide bonds. The molecule has 3 heterocycles. The molecule has 2 aromatic carbocycles. The molecule has 3 aliphatic rings. The summed E-state index contributed by atoms with van der Waals surface area (Å²) in [6.45, 7) is 30.9. The summed E-state index contributed by atoms with van der Waals surface area (Å²) in [6, 6.07) is 5.96.